The molecule has 2 fully saturated rings. The van der Waals surface area contributed by atoms with E-state index in [-0.39, 0.29) is 75.9 Å². The van der Waals surface area contributed by atoms with E-state index >= 15 is 0 Å². The highest BCUT2D eigenvalue weighted by atomic mass is 16.7. The van der Waals surface area contributed by atoms with Crippen LogP contribution in [0.1, 0.15) is 157 Å². The second-order valence-electron chi connectivity index (χ2n) is 25.4. The Morgan fingerprint density at radius 1 is 0.670 bits per heavy atom. The second kappa shape index (κ2) is 34.9. The van der Waals surface area contributed by atoms with Crippen molar-refractivity contribution in [3.63, 3.8) is 0 Å². The van der Waals surface area contributed by atoms with Gasteiger partial charge in [-0.3, -0.25) is 49.5 Å². The van der Waals surface area contributed by atoms with Crippen molar-refractivity contribution in [3.8, 4) is 0 Å². The number of carbonyl (C=O) groups excluding carboxylic acids is 4. The summed E-state index contributed by atoms with van der Waals surface area (Å²) < 4.78 is 21.0. The van der Waals surface area contributed by atoms with Gasteiger partial charge in [0.25, 0.3) is 11.4 Å². The predicted octanol–water partition coefficient (Wildman–Crippen LogP) is 7.49. The van der Waals surface area contributed by atoms with Crippen LogP contribution in [0.25, 0.3) is 11.0 Å². The number of carbonyl (C=O) groups is 4. The first-order valence-corrected chi connectivity index (χ1v) is 28.7. The fraction of sp³-hybridized carbons (Fsp3) is 0.639. The lowest BCUT2D eigenvalue weighted by molar-refractivity contribution is -0.394. The van der Waals surface area contributed by atoms with Gasteiger partial charge >= 0.3 is 5.69 Å². The van der Waals surface area contributed by atoms with E-state index < -0.39 is 89.2 Å². The topological polar surface area (TPSA) is 418 Å². The van der Waals surface area contributed by atoms with Crippen LogP contribution in [0.2, 0.25) is 0 Å². The second-order valence-corrected chi connectivity index (χ2v) is 25.4. The zero-order chi connectivity index (χ0) is 65.9. The third-order valence-electron chi connectivity index (χ3n) is 13.9. The number of nitro benzene ring substituents is 3. The van der Waals surface area contributed by atoms with Crippen LogP contribution in [-0.4, -0.2) is 159 Å². The largest absolute Gasteiger partial charge is 0.394 e. The van der Waals surface area contributed by atoms with Crippen LogP contribution < -0.4 is 5.32 Å². The van der Waals surface area contributed by atoms with Gasteiger partial charge in [0.15, 0.2) is 6.29 Å². The normalized spacial score (nSPS) is 21.8. The molecule has 0 aliphatic carbocycles. The summed E-state index contributed by atoms with van der Waals surface area (Å²) in [6.45, 7) is 22.0. The Labute approximate surface area is 512 Å². The quantitative estimate of drug-likeness (QED) is 0.0214. The summed E-state index contributed by atoms with van der Waals surface area (Å²) in [7, 11) is 0. The summed E-state index contributed by atoms with van der Waals surface area (Å²) in [5.74, 6) is -0.0824. The highest BCUT2D eigenvalue weighted by molar-refractivity contribution is 5.98. The number of amides is 1. The van der Waals surface area contributed by atoms with E-state index in [2.05, 4.69) is 20.3 Å². The summed E-state index contributed by atoms with van der Waals surface area (Å²) in [5.41, 5.74) is 3.78. The molecule has 0 bridgehead atoms. The van der Waals surface area contributed by atoms with Crippen molar-refractivity contribution in [2.45, 2.75) is 222 Å². The maximum Gasteiger partial charge on any atom is 0.300 e. The molecule has 2 saturated heterocycles. The summed E-state index contributed by atoms with van der Waals surface area (Å²) in [4.78, 5) is 77.0. The molecule has 1 amide bonds. The lowest BCUT2D eigenvalue weighted by Crippen LogP contribution is -2.64. The highest BCUT2D eigenvalue weighted by Crippen LogP contribution is 2.35. The zero-order valence-electron chi connectivity index (χ0n) is 51.7. The summed E-state index contributed by atoms with van der Waals surface area (Å²) in [5, 5.41) is 112. The van der Waals surface area contributed by atoms with E-state index in [4.69, 9.17) is 14.2 Å². The third-order valence-corrected chi connectivity index (χ3v) is 13.9. The van der Waals surface area contributed by atoms with Crippen molar-refractivity contribution in [2.24, 2.45) is 16.2 Å². The number of aromatic nitrogens is 2. The summed E-state index contributed by atoms with van der Waals surface area (Å²) >= 11 is 0. The van der Waals surface area contributed by atoms with Gasteiger partial charge in [-0.1, -0.05) is 88.8 Å². The molecule has 4 unspecified atom stereocenters. The highest BCUT2D eigenvalue weighted by Gasteiger charge is 2.50. The monoisotopic (exact) mass is 1240 g/mol. The van der Waals surface area contributed by atoms with Crippen LogP contribution in [0.15, 0.2) is 53.2 Å². The minimum Gasteiger partial charge on any atom is -0.394 e. The van der Waals surface area contributed by atoms with E-state index in [0.29, 0.717) is 80.1 Å². The fourth-order valence-electron chi connectivity index (χ4n) is 9.37. The molecule has 2 aliphatic heterocycles. The van der Waals surface area contributed by atoms with E-state index in [1.54, 1.807) is 25.1 Å². The first-order chi connectivity index (χ1) is 40.4. The van der Waals surface area contributed by atoms with Crippen molar-refractivity contribution in [3.05, 3.63) is 101 Å². The van der Waals surface area contributed by atoms with Gasteiger partial charge in [0, 0.05) is 49.1 Å². The van der Waals surface area contributed by atoms with Crippen LogP contribution in [0, 0.1) is 53.5 Å². The number of ether oxygens (including phenoxy) is 3. The Morgan fingerprint density at radius 2 is 1.25 bits per heavy atom. The molecule has 27 heteroatoms. The molecule has 8 N–H and O–H groups in total. The van der Waals surface area contributed by atoms with E-state index in [1.165, 1.54) is 19.1 Å². The average molecular weight is 1250 g/mol. The number of Topliss-reactive ketones (excluding diaryl/α,β-unsaturated/α-hetero) is 3. The number of non-ortho nitro benzene ring substituents is 2. The van der Waals surface area contributed by atoms with Crippen LogP contribution in [0.4, 0.5) is 22.7 Å². The minimum atomic E-state index is -1.67. The van der Waals surface area contributed by atoms with Gasteiger partial charge in [0.1, 0.15) is 71.7 Å². The van der Waals surface area contributed by atoms with E-state index in [0.717, 1.165) is 23.6 Å². The number of aliphatic hydroxyl groups is 7. The Hall–Kier alpha value is -6.66. The van der Waals surface area contributed by atoms with Crippen LogP contribution >= 0.6 is 0 Å². The molecule has 88 heavy (non-hydrogen) atoms. The van der Waals surface area contributed by atoms with Crippen molar-refractivity contribution < 1.29 is 88.5 Å². The minimum absolute atomic E-state index is 0. The summed E-state index contributed by atoms with van der Waals surface area (Å²) in [6, 6.07) is 12.8. The molecule has 27 nitrogen and oxygen atoms in total. The predicted molar refractivity (Wildman–Crippen MR) is 324 cm³/mol. The molecule has 0 spiro atoms. The van der Waals surface area contributed by atoms with Gasteiger partial charge < -0.3 is 55.3 Å². The lowest BCUT2D eigenvalue weighted by Gasteiger charge is -2.46. The van der Waals surface area contributed by atoms with Crippen LogP contribution in [-0.2, 0) is 52.7 Å². The van der Waals surface area contributed by atoms with Crippen molar-refractivity contribution in [1.29, 1.82) is 0 Å². The number of nitro groups is 3. The van der Waals surface area contributed by atoms with Gasteiger partial charge in [0.05, 0.1) is 46.6 Å². The number of ketones is 3. The number of aliphatic hydroxyl groups excluding tert-OH is 7. The first-order valence-electron chi connectivity index (χ1n) is 28.7. The SMILES string of the molecule is C.CC(=O)CC(=O)CCc1ccc(NC(=O)CCCC(=O)CC(C)(C)C)cc1.CC(C)(C)CC[C@@H]1OC(CO)[C@H](O)[C@H](O[C@H]2OC(CO)[C@H](O)[C@H](O)C2O)C1O.CCc1ccc([N+](=O)[O-])c2nonc12.Cc1cc([N+](=O)[O-])cc([N+](=O)[O-])c1CC(C)(C)C. The third kappa shape index (κ3) is 25.1. The molecule has 2 aliphatic rings. The maximum absolute atomic E-state index is 12.0. The van der Waals surface area contributed by atoms with Crippen molar-refractivity contribution in [1.82, 2.24) is 10.3 Å². The molecule has 10 atom stereocenters. The van der Waals surface area contributed by atoms with Gasteiger partial charge in [-0.25, -0.2) is 4.63 Å². The molecule has 0 radical (unpaired) electrons. The van der Waals surface area contributed by atoms with Crippen molar-refractivity contribution >= 4 is 57.0 Å². The smallest absolute Gasteiger partial charge is 0.300 e. The molecule has 4 aromatic rings. The molecule has 0 saturated carbocycles. The molecule has 3 aromatic carbocycles. The molecule has 6 rings (SSSR count). The van der Waals surface area contributed by atoms with Crippen molar-refractivity contribution in [2.75, 3.05) is 18.5 Å². The van der Waals surface area contributed by atoms with Crippen LogP contribution in [0.5, 0.6) is 0 Å². The number of nitrogens with one attached hydrogen (secondary N) is 1. The van der Waals surface area contributed by atoms with Gasteiger partial charge in [-0.15, -0.1) is 0 Å². The first kappa shape index (κ1) is 77.4. The average Bonchev–Trinajstić information content (AvgIpc) is 3.50. The number of anilines is 1. The van der Waals surface area contributed by atoms with Gasteiger partial charge in [-0.05, 0) is 114 Å². The fourth-order valence-corrected chi connectivity index (χ4v) is 9.37. The van der Waals surface area contributed by atoms with E-state index in [1.807, 2.05) is 81.4 Å². The number of fused-ring (bicyclic) bond motifs is 1. The number of rotatable bonds is 22. The molecular formula is C61H92N6O21. The molecule has 1 aromatic heterocycles. The zero-order valence-corrected chi connectivity index (χ0v) is 51.7. The summed E-state index contributed by atoms with van der Waals surface area (Å²) in [6.07, 6.45) is -8.12. The number of hydrogen-bond donors (Lipinski definition) is 8. The van der Waals surface area contributed by atoms with E-state index in [9.17, 15) is 85.3 Å². The van der Waals surface area contributed by atoms with Crippen LogP contribution in [0.3, 0.4) is 0 Å². The Bertz CT molecular complexity index is 2930. The number of hydrogen-bond acceptors (Lipinski definition) is 23. The Balaban J connectivity index is 0.000000411. The Kier molecular flexibility index (Phi) is 30.7. The number of aryl methyl sites for hydroxylation is 3. The number of benzene rings is 3. The number of nitrogens with zero attached hydrogens (tertiary/aromatic N) is 5. The molecule has 3 heterocycles. The Morgan fingerprint density at radius 3 is 1.77 bits per heavy atom. The standard InChI is InChI=1S/C22H31NO4.C18H34O10.C12H16N2O4.C8H7N3O3.CH4/c1-16(24)14-19(25)13-10-17-8-11-18(12-9-17)23-21(27)7-5-6-20(26)15-22(2,3)4;1-18(2,3)5-4-8-12(22)16(13(23)10(7-20)26-8)28-17-15(25)14(24)11(21)9(6-19)27-17;1-8-5-9(13(15)16)6-11(14(17)18)10(8)7-12(2,3)4;1-2-5-3-4-6(11(12)13)8-7(5)9-14-10-8;/h8-9,11-12H,5-7,10,13-15H2,1-4H3,(H,23,27);8-17,19-25H,4-7H2,1-3H3;5-6H,7H2,1-4H3;3-4H,2H2,1H3;1H4/t;8-,9?,10?,11-,12?,13-,14-,15?,16+,17+;;;/m.0.../s1. The maximum atomic E-state index is 12.0. The van der Waals surface area contributed by atoms with Gasteiger partial charge in [0.2, 0.25) is 11.4 Å². The molecular weight excluding hydrogens is 1150 g/mol. The molecule has 492 valence electrons. The van der Waals surface area contributed by atoms with Gasteiger partial charge in [-0.2, -0.15) is 0 Å². The lowest BCUT2D eigenvalue weighted by atomic mass is 9.85.